The first kappa shape index (κ1) is 19.2. The third kappa shape index (κ3) is 4.98. The molecule has 3 rings (SSSR count). The largest absolute Gasteiger partial charge is 0.325 e. The predicted octanol–water partition coefficient (Wildman–Crippen LogP) is 4.06. The standard InChI is InChI=1S/C20H23Cl2N3O/c1-15-5-2-3-8-19(15)23-20(26)14-25-11-9-24(10-12-25)13-16-17(21)6-4-7-18(16)22/h2-8H,9-14H2,1H3,(H,23,26). The van der Waals surface area contributed by atoms with Gasteiger partial charge in [-0.15, -0.1) is 0 Å². The Hall–Kier alpha value is -1.59. The summed E-state index contributed by atoms with van der Waals surface area (Å²) in [5.41, 5.74) is 2.92. The van der Waals surface area contributed by atoms with Crippen LogP contribution in [0, 0.1) is 6.92 Å². The van der Waals surface area contributed by atoms with Crippen LogP contribution in [0.25, 0.3) is 0 Å². The number of anilines is 1. The van der Waals surface area contributed by atoms with Crippen molar-refractivity contribution in [3.8, 4) is 0 Å². The molecule has 1 heterocycles. The lowest BCUT2D eigenvalue weighted by molar-refractivity contribution is -0.117. The minimum atomic E-state index is 0.0295. The highest BCUT2D eigenvalue weighted by molar-refractivity contribution is 6.35. The van der Waals surface area contributed by atoms with Gasteiger partial charge in [0.05, 0.1) is 6.54 Å². The van der Waals surface area contributed by atoms with Crippen LogP contribution in [0.4, 0.5) is 5.69 Å². The van der Waals surface area contributed by atoms with Gasteiger partial charge in [-0.3, -0.25) is 14.6 Å². The lowest BCUT2D eigenvalue weighted by Crippen LogP contribution is -2.48. The molecule has 0 aromatic heterocycles. The highest BCUT2D eigenvalue weighted by Gasteiger charge is 2.20. The minimum Gasteiger partial charge on any atom is -0.325 e. The van der Waals surface area contributed by atoms with Crippen molar-refractivity contribution >= 4 is 34.8 Å². The molecule has 0 aliphatic carbocycles. The topological polar surface area (TPSA) is 35.6 Å². The second-order valence-electron chi connectivity index (χ2n) is 6.62. The first-order valence-corrected chi connectivity index (χ1v) is 9.51. The first-order valence-electron chi connectivity index (χ1n) is 8.76. The normalized spacial score (nSPS) is 15.8. The molecule has 0 bridgehead atoms. The summed E-state index contributed by atoms with van der Waals surface area (Å²) in [5, 5.41) is 4.41. The van der Waals surface area contributed by atoms with Crippen molar-refractivity contribution < 1.29 is 4.79 Å². The van der Waals surface area contributed by atoms with Crippen molar-refractivity contribution in [3.63, 3.8) is 0 Å². The number of nitrogens with one attached hydrogen (secondary N) is 1. The minimum absolute atomic E-state index is 0.0295. The fourth-order valence-corrected chi connectivity index (χ4v) is 3.64. The number of carbonyl (C=O) groups excluding carboxylic acids is 1. The zero-order chi connectivity index (χ0) is 18.5. The predicted molar refractivity (Wildman–Crippen MR) is 108 cm³/mol. The number of piperazine rings is 1. The Morgan fingerprint density at radius 2 is 1.58 bits per heavy atom. The molecule has 1 saturated heterocycles. The highest BCUT2D eigenvalue weighted by atomic mass is 35.5. The molecule has 26 heavy (non-hydrogen) atoms. The first-order chi connectivity index (χ1) is 12.5. The maximum atomic E-state index is 12.3. The smallest absolute Gasteiger partial charge is 0.238 e. The van der Waals surface area contributed by atoms with E-state index >= 15 is 0 Å². The van der Waals surface area contributed by atoms with Gasteiger partial charge in [0.15, 0.2) is 0 Å². The molecular weight excluding hydrogens is 369 g/mol. The van der Waals surface area contributed by atoms with Crippen LogP contribution in [0.3, 0.4) is 0 Å². The van der Waals surface area contributed by atoms with Crippen LogP contribution in [0.1, 0.15) is 11.1 Å². The fraction of sp³-hybridized carbons (Fsp3) is 0.350. The maximum Gasteiger partial charge on any atom is 0.238 e. The van der Waals surface area contributed by atoms with Gasteiger partial charge in [0, 0.05) is 54.0 Å². The average Bonchev–Trinajstić information content (AvgIpc) is 2.62. The van der Waals surface area contributed by atoms with Gasteiger partial charge in [-0.05, 0) is 30.7 Å². The van der Waals surface area contributed by atoms with E-state index in [9.17, 15) is 4.79 Å². The zero-order valence-electron chi connectivity index (χ0n) is 14.8. The Balaban J connectivity index is 1.48. The van der Waals surface area contributed by atoms with Crippen molar-refractivity contribution in [1.29, 1.82) is 0 Å². The Morgan fingerprint density at radius 3 is 2.23 bits per heavy atom. The molecule has 0 saturated carbocycles. The number of benzene rings is 2. The number of carbonyl (C=O) groups is 1. The van der Waals surface area contributed by atoms with Crippen LogP contribution in [0.2, 0.25) is 10.0 Å². The van der Waals surface area contributed by atoms with Crippen molar-refractivity contribution in [2.24, 2.45) is 0 Å². The molecule has 1 aliphatic heterocycles. The average molecular weight is 392 g/mol. The number of amides is 1. The van der Waals surface area contributed by atoms with Crippen molar-refractivity contribution in [1.82, 2.24) is 9.80 Å². The quantitative estimate of drug-likeness (QED) is 0.834. The second-order valence-corrected chi connectivity index (χ2v) is 7.43. The van der Waals surface area contributed by atoms with Gasteiger partial charge >= 0.3 is 0 Å². The SMILES string of the molecule is Cc1ccccc1NC(=O)CN1CCN(Cc2c(Cl)cccc2Cl)CC1. The monoisotopic (exact) mass is 391 g/mol. The van der Waals surface area contributed by atoms with E-state index in [4.69, 9.17) is 23.2 Å². The third-order valence-corrected chi connectivity index (χ3v) is 5.40. The fourth-order valence-electron chi connectivity index (χ4n) is 3.12. The summed E-state index contributed by atoms with van der Waals surface area (Å²) in [5.74, 6) is 0.0295. The molecule has 0 unspecified atom stereocenters. The van der Waals surface area contributed by atoms with Crippen LogP contribution >= 0.6 is 23.2 Å². The number of para-hydroxylation sites is 1. The van der Waals surface area contributed by atoms with Crippen molar-refractivity contribution in [2.45, 2.75) is 13.5 Å². The van der Waals surface area contributed by atoms with Crippen LogP contribution in [0.5, 0.6) is 0 Å². The van der Waals surface area contributed by atoms with E-state index in [1.807, 2.05) is 49.4 Å². The molecule has 6 heteroatoms. The maximum absolute atomic E-state index is 12.3. The molecule has 1 fully saturated rings. The van der Waals surface area contributed by atoms with E-state index in [-0.39, 0.29) is 5.91 Å². The molecule has 0 atom stereocenters. The van der Waals surface area contributed by atoms with E-state index in [1.54, 1.807) is 0 Å². The number of nitrogens with zero attached hydrogens (tertiary/aromatic N) is 2. The molecule has 2 aromatic carbocycles. The highest BCUT2D eigenvalue weighted by Crippen LogP contribution is 2.26. The van der Waals surface area contributed by atoms with E-state index in [1.165, 1.54) is 0 Å². The number of halogens is 2. The lowest BCUT2D eigenvalue weighted by Gasteiger charge is -2.34. The third-order valence-electron chi connectivity index (χ3n) is 4.69. The van der Waals surface area contributed by atoms with Crippen molar-refractivity contribution in [3.05, 3.63) is 63.6 Å². The molecule has 1 aliphatic rings. The van der Waals surface area contributed by atoms with E-state index < -0.39 is 0 Å². The Labute approximate surface area is 164 Å². The van der Waals surface area contributed by atoms with Crippen LogP contribution in [-0.2, 0) is 11.3 Å². The molecule has 1 amide bonds. The summed E-state index contributed by atoms with van der Waals surface area (Å²) in [7, 11) is 0. The Bertz CT molecular complexity index is 753. The van der Waals surface area contributed by atoms with Gasteiger partial charge in [0.1, 0.15) is 0 Å². The second kappa shape index (κ2) is 8.87. The summed E-state index contributed by atoms with van der Waals surface area (Å²) in [6.45, 7) is 6.62. The Kier molecular flexibility index (Phi) is 6.54. The van der Waals surface area contributed by atoms with Gasteiger partial charge in [-0.2, -0.15) is 0 Å². The molecule has 0 radical (unpaired) electrons. The van der Waals surface area contributed by atoms with Crippen LogP contribution in [-0.4, -0.2) is 48.4 Å². The van der Waals surface area contributed by atoms with Crippen molar-refractivity contribution in [2.75, 3.05) is 38.0 Å². The number of hydrogen-bond donors (Lipinski definition) is 1. The van der Waals surface area contributed by atoms with Gasteiger partial charge in [0.2, 0.25) is 5.91 Å². The van der Waals surface area contributed by atoms with Gasteiger partial charge in [-0.25, -0.2) is 0 Å². The molecule has 138 valence electrons. The summed E-state index contributed by atoms with van der Waals surface area (Å²) < 4.78 is 0. The lowest BCUT2D eigenvalue weighted by atomic mass is 10.2. The summed E-state index contributed by atoms with van der Waals surface area (Å²) in [6, 6.07) is 13.4. The molecular formula is C20H23Cl2N3O. The van der Waals surface area contributed by atoms with Crippen LogP contribution in [0.15, 0.2) is 42.5 Å². The van der Waals surface area contributed by atoms with E-state index in [2.05, 4.69) is 15.1 Å². The van der Waals surface area contributed by atoms with E-state index in [0.717, 1.165) is 49.5 Å². The number of rotatable bonds is 5. The van der Waals surface area contributed by atoms with Gasteiger partial charge in [-0.1, -0.05) is 47.5 Å². The zero-order valence-corrected chi connectivity index (χ0v) is 16.4. The van der Waals surface area contributed by atoms with Gasteiger partial charge < -0.3 is 5.32 Å². The summed E-state index contributed by atoms with van der Waals surface area (Å²) in [6.07, 6.45) is 0. The van der Waals surface area contributed by atoms with Crippen LogP contribution < -0.4 is 5.32 Å². The molecule has 4 nitrogen and oxygen atoms in total. The number of hydrogen-bond acceptors (Lipinski definition) is 3. The summed E-state index contributed by atoms with van der Waals surface area (Å²) in [4.78, 5) is 16.8. The van der Waals surface area contributed by atoms with E-state index in [0.29, 0.717) is 16.6 Å². The number of aryl methyl sites for hydroxylation is 1. The van der Waals surface area contributed by atoms with Gasteiger partial charge in [0.25, 0.3) is 0 Å². The molecule has 2 aromatic rings. The molecule has 1 N–H and O–H groups in total. The summed E-state index contributed by atoms with van der Waals surface area (Å²) >= 11 is 12.5. The molecule has 0 spiro atoms. The Morgan fingerprint density at radius 1 is 0.962 bits per heavy atom.